The highest BCUT2D eigenvalue weighted by Crippen LogP contribution is 2.44. The van der Waals surface area contributed by atoms with Crippen LogP contribution in [0.5, 0.6) is 0 Å². The van der Waals surface area contributed by atoms with E-state index < -0.39 is 5.91 Å². The smallest absolute Gasteiger partial charge is 0.265 e. The van der Waals surface area contributed by atoms with Gasteiger partial charge in [0.05, 0.1) is 0 Å². The van der Waals surface area contributed by atoms with E-state index >= 15 is 0 Å². The maximum Gasteiger partial charge on any atom is 0.265 e. The number of nitrogens with one attached hydrogen (secondary N) is 1. The van der Waals surface area contributed by atoms with Gasteiger partial charge in [0.2, 0.25) is 0 Å². The molecule has 1 aromatic carbocycles. The fourth-order valence-corrected chi connectivity index (χ4v) is 4.48. The number of hydrogen-bond acceptors (Lipinski definition) is 4. The van der Waals surface area contributed by atoms with E-state index in [1.165, 1.54) is 16.2 Å². The molecule has 0 bridgehead atoms. The van der Waals surface area contributed by atoms with E-state index in [1.54, 1.807) is 13.1 Å². The molecular weight excluding hydrogens is 358 g/mol. The van der Waals surface area contributed by atoms with E-state index in [0.717, 1.165) is 24.1 Å². The van der Waals surface area contributed by atoms with Crippen molar-refractivity contribution in [2.45, 2.75) is 52.5 Å². The monoisotopic (exact) mass is 385 g/mol. The van der Waals surface area contributed by atoms with Crippen LogP contribution in [0.2, 0.25) is 0 Å². The molecule has 2 aliphatic rings. The number of fused-ring (bicyclic) bond motifs is 1. The van der Waals surface area contributed by atoms with Crippen molar-refractivity contribution in [3.05, 3.63) is 34.4 Å². The van der Waals surface area contributed by atoms with Crippen LogP contribution < -0.4 is 10.2 Å². The summed E-state index contributed by atoms with van der Waals surface area (Å²) in [6, 6.07) is 4.32. The second kappa shape index (κ2) is 6.75. The lowest BCUT2D eigenvalue weighted by Gasteiger charge is -2.47. The third-order valence-corrected chi connectivity index (χ3v) is 6.07. The molecule has 1 saturated heterocycles. The summed E-state index contributed by atoms with van der Waals surface area (Å²) >= 11 is 5.01. The Morgan fingerprint density at radius 1 is 1.33 bits per heavy atom. The number of carbonyl (C=O) groups excluding carboxylic acids is 2. The van der Waals surface area contributed by atoms with Gasteiger partial charge in [-0.1, -0.05) is 6.92 Å². The van der Waals surface area contributed by atoms with Crippen molar-refractivity contribution in [2.75, 3.05) is 18.5 Å². The Bertz CT molecular complexity index is 872. The molecule has 1 atom stereocenters. The van der Waals surface area contributed by atoms with Gasteiger partial charge in [0, 0.05) is 24.8 Å². The van der Waals surface area contributed by atoms with Gasteiger partial charge in [-0.15, -0.1) is 0 Å². The molecule has 1 fully saturated rings. The van der Waals surface area contributed by atoms with Crippen molar-refractivity contribution < 1.29 is 9.59 Å². The van der Waals surface area contributed by atoms with Gasteiger partial charge in [0.15, 0.2) is 5.11 Å². The number of thiocarbonyl (C=S) groups is 1. The van der Waals surface area contributed by atoms with E-state index in [1.807, 2.05) is 6.92 Å². The van der Waals surface area contributed by atoms with Gasteiger partial charge in [-0.05, 0) is 87.2 Å². The molecule has 1 aromatic rings. The molecule has 0 saturated carbocycles. The van der Waals surface area contributed by atoms with Crippen LogP contribution in [0.1, 0.15) is 56.7 Å². The summed E-state index contributed by atoms with van der Waals surface area (Å²) in [4.78, 5) is 28.5. The highest BCUT2D eigenvalue weighted by atomic mass is 32.1. The van der Waals surface area contributed by atoms with Gasteiger partial charge in [-0.25, -0.2) is 0 Å². The standard InChI is InChI=1S/C21H27N3O2S/c1-7-24-17-8-12(2)14(9-15(17)13(3)11-21(24,4)5)10-16-18(25)22-20(27)23(6)19(16)26/h8-10,13H,7,11H2,1-6H3,(H,22,25,27)/b16-10+. The van der Waals surface area contributed by atoms with Crippen LogP contribution in [-0.4, -0.2) is 41.0 Å². The Morgan fingerprint density at radius 2 is 2.00 bits per heavy atom. The van der Waals surface area contributed by atoms with E-state index in [2.05, 4.69) is 50.0 Å². The minimum absolute atomic E-state index is 0.102. The van der Waals surface area contributed by atoms with Crippen molar-refractivity contribution in [3.63, 3.8) is 0 Å². The zero-order valence-electron chi connectivity index (χ0n) is 16.8. The summed E-state index contributed by atoms with van der Waals surface area (Å²) in [7, 11) is 1.57. The largest absolute Gasteiger partial charge is 0.366 e. The fourth-order valence-electron chi connectivity index (χ4n) is 4.31. The molecule has 1 unspecified atom stereocenters. The van der Waals surface area contributed by atoms with Crippen LogP contribution in [0.4, 0.5) is 5.69 Å². The Hall–Kier alpha value is -2.21. The first kappa shape index (κ1) is 19.5. The summed E-state index contributed by atoms with van der Waals surface area (Å²) in [5, 5.41) is 2.71. The summed E-state index contributed by atoms with van der Waals surface area (Å²) in [5.41, 5.74) is 4.67. The summed E-state index contributed by atoms with van der Waals surface area (Å²) in [5.74, 6) is -0.406. The first-order valence-electron chi connectivity index (χ1n) is 9.34. The van der Waals surface area contributed by atoms with E-state index in [9.17, 15) is 9.59 Å². The molecule has 2 amide bonds. The van der Waals surface area contributed by atoms with Crippen LogP contribution in [0.25, 0.3) is 6.08 Å². The second-order valence-electron chi connectivity index (χ2n) is 8.11. The fraction of sp³-hybridized carbons (Fsp3) is 0.476. The normalized spacial score (nSPS) is 23.6. The summed E-state index contributed by atoms with van der Waals surface area (Å²) < 4.78 is 0. The van der Waals surface area contributed by atoms with Gasteiger partial charge in [-0.3, -0.25) is 19.8 Å². The van der Waals surface area contributed by atoms with Crippen molar-refractivity contribution in [1.29, 1.82) is 0 Å². The highest BCUT2D eigenvalue weighted by molar-refractivity contribution is 7.80. The van der Waals surface area contributed by atoms with Gasteiger partial charge >= 0.3 is 0 Å². The lowest BCUT2D eigenvalue weighted by Crippen LogP contribution is -2.52. The molecule has 5 nitrogen and oxygen atoms in total. The number of carbonyl (C=O) groups is 2. The molecular formula is C21H27N3O2S. The zero-order chi connectivity index (χ0) is 20.1. The van der Waals surface area contributed by atoms with E-state index in [4.69, 9.17) is 12.2 Å². The van der Waals surface area contributed by atoms with Gasteiger partial charge < -0.3 is 4.90 Å². The number of likely N-dealkylation sites (N-methyl/N-ethyl adjacent to an activating group) is 1. The van der Waals surface area contributed by atoms with Crippen LogP contribution in [0.15, 0.2) is 17.7 Å². The second-order valence-corrected chi connectivity index (χ2v) is 8.50. The van der Waals surface area contributed by atoms with Gasteiger partial charge in [-0.2, -0.15) is 0 Å². The number of benzene rings is 1. The number of anilines is 1. The van der Waals surface area contributed by atoms with Crippen LogP contribution in [0.3, 0.4) is 0 Å². The molecule has 6 heteroatoms. The van der Waals surface area contributed by atoms with Crippen LogP contribution >= 0.6 is 12.2 Å². The van der Waals surface area contributed by atoms with Crippen LogP contribution in [-0.2, 0) is 9.59 Å². The maximum absolute atomic E-state index is 12.5. The van der Waals surface area contributed by atoms with Crippen molar-refractivity contribution in [3.8, 4) is 0 Å². The lowest BCUT2D eigenvalue weighted by atomic mass is 9.79. The summed E-state index contributed by atoms with van der Waals surface area (Å²) in [6.07, 6.45) is 2.75. The molecule has 0 aromatic heterocycles. The molecule has 0 aliphatic carbocycles. The van der Waals surface area contributed by atoms with Gasteiger partial charge in [0.25, 0.3) is 11.8 Å². The van der Waals surface area contributed by atoms with Crippen LogP contribution in [0, 0.1) is 6.92 Å². The van der Waals surface area contributed by atoms with Gasteiger partial charge in [0.1, 0.15) is 5.57 Å². The average molecular weight is 386 g/mol. The first-order chi connectivity index (χ1) is 12.6. The van der Waals surface area contributed by atoms with Crippen molar-refractivity contribution >= 4 is 40.9 Å². The minimum Gasteiger partial charge on any atom is -0.366 e. The minimum atomic E-state index is -0.440. The number of rotatable bonds is 2. The average Bonchev–Trinajstić information content (AvgIpc) is 2.57. The molecule has 27 heavy (non-hydrogen) atoms. The molecule has 1 N–H and O–H groups in total. The third kappa shape index (κ3) is 3.27. The van der Waals surface area contributed by atoms with E-state index in [-0.39, 0.29) is 22.1 Å². The van der Waals surface area contributed by atoms with E-state index in [0.29, 0.717) is 5.92 Å². The number of nitrogens with zero attached hydrogens (tertiary/aromatic N) is 2. The zero-order valence-corrected chi connectivity index (χ0v) is 17.7. The topological polar surface area (TPSA) is 52.7 Å². The Morgan fingerprint density at radius 3 is 2.63 bits per heavy atom. The number of hydrogen-bond donors (Lipinski definition) is 1. The van der Waals surface area contributed by atoms with Crippen molar-refractivity contribution in [2.24, 2.45) is 0 Å². The quantitative estimate of drug-likeness (QED) is 0.482. The first-order valence-corrected chi connectivity index (χ1v) is 9.75. The Kier molecular flexibility index (Phi) is 4.89. The molecule has 2 aliphatic heterocycles. The maximum atomic E-state index is 12.5. The predicted molar refractivity (Wildman–Crippen MR) is 113 cm³/mol. The lowest BCUT2D eigenvalue weighted by molar-refractivity contribution is -0.128. The number of aryl methyl sites for hydroxylation is 1. The van der Waals surface area contributed by atoms with Crippen molar-refractivity contribution in [1.82, 2.24) is 10.2 Å². The Labute approximate surface area is 166 Å². The molecule has 2 heterocycles. The number of amides is 2. The molecule has 3 rings (SSSR count). The molecule has 144 valence electrons. The Balaban J connectivity index is 2.10. The molecule has 0 radical (unpaired) electrons. The highest BCUT2D eigenvalue weighted by Gasteiger charge is 2.36. The SMILES string of the molecule is CCN1c2cc(C)c(/C=C3\C(=O)NC(=S)N(C)C3=O)cc2C(C)CC1(C)C. The summed E-state index contributed by atoms with van der Waals surface area (Å²) in [6.45, 7) is 11.9. The predicted octanol–water partition coefficient (Wildman–Crippen LogP) is 3.36. The molecule has 0 spiro atoms. The third-order valence-electron chi connectivity index (χ3n) is 5.69.